The van der Waals surface area contributed by atoms with Gasteiger partial charge >= 0.3 is 0 Å². The van der Waals surface area contributed by atoms with Gasteiger partial charge in [0.1, 0.15) is 17.1 Å². The zero-order valence-corrected chi connectivity index (χ0v) is 8.98. The summed E-state index contributed by atoms with van der Waals surface area (Å²) in [6.45, 7) is 5.86. The number of nitrogens with zero attached hydrogens (tertiary/aromatic N) is 3. The summed E-state index contributed by atoms with van der Waals surface area (Å²) in [5.74, 6) is 0.802. The Bertz CT molecular complexity index is 351. The molecule has 76 valence electrons. The molecule has 0 bridgehead atoms. The van der Waals surface area contributed by atoms with E-state index in [-0.39, 0.29) is 0 Å². The van der Waals surface area contributed by atoms with Crippen LogP contribution in [0.4, 0.5) is 0 Å². The first-order valence-electron chi connectivity index (χ1n) is 4.69. The SMILES string of the molecule is CC.Cc1cc(-c2ccn(C)n2)no1. The largest absolute Gasteiger partial charge is 0.361 e. The molecule has 4 nitrogen and oxygen atoms in total. The van der Waals surface area contributed by atoms with Crippen LogP contribution in [0.15, 0.2) is 22.9 Å². The highest BCUT2D eigenvalue weighted by Crippen LogP contribution is 2.15. The fourth-order valence-electron chi connectivity index (χ4n) is 1.04. The van der Waals surface area contributed by atoms with Crippen LogP contribution in [0, 0.1) is 6.92 Å². The normalized spacial score (nSPS) is 9.43. The van der Waals surface area contributed by atoms with Gasteiger partial charge in [-0.2, -0.15) is 5.10 Å². The fourth-order valence-corrected chi connectivity index (χ4v) is 1.04. The van der Waals surface area contributed by atoms with E-state index in [4.69, 9.17) is 4.52 Å². The van der Waals surface area contributed by atoms with Crippen LogP contribution in [-0.4, -0.2) is 14.9 Å². The molecular formula is C10H15N3O. The first-order chi connectivity index (χ1) is 6.75. The lowest BCUT2D eigenvalue weighted by atomic mass is 10.3. The second-order valence-electron chi connectivity index (χ2n) is 2.70. The van der Waals surface area contributed by atoms with Gasteiger partial charge in [-0.25, -0.2) is 0 Å². The van der Waals surface area contributed by atoms with E-state index >= 15 is 0 Å². The van der Waals surface area contributed by atoms with Gasteiger partial charge in [-0.05, 0) is 13.0 Å². The number of aryl methyl sites for hydroxylation is 2. The molecule has 0 aromatic carbocycles. The van der Waals surface area contributed by atoms with Gasteiger partial charge in [0.2, 0.25) is 0 Å². The van der Waals surface area contributed by atoms with Crippen LogP contribution in [0.2, 0.25) is 0 Å². The van der Waals surface area contributed by atoms with Crippen molar-refractivity contribution >= 4 is 0 Å². The van der Waals surface area contributed by atoms with Crippen molar-refractivity contribution in [3.63, 3.8) is 0 Å². The predicted octanol–water partition coefficient (Wildman–Crippen LogP) is 2.41. The third-order valence-corrected chi connectivity index (χ3v) is 1.60. The van der Waals surface area contributed by atoms with Crippen molar-refractivity contribution in [1.29, 1.82) is 0 Å². The van der Waals surface area contributed by atoms with Gasteiger partial charge in [-0.1, -0.05) is 19.0 Å². The topological polar surface area (TPSA) is 43.9 Å². The van der Waals surface area contributed by atoms with Crippen LogP contribution >= 0.6 is 0 Å². The molecule has 2 aromatic rings. The van der Waals surface area contributed by atoms with E-state index in [1.807, 2.05) is 46.1 Å². The molecule has 0 aliphatic heterocycles. The minimum atomic E-state index is 0.785. The van der Waals surface area contributed by atoms with Crippen LogP contribution in [0.5, 0.6) is 0 Å². The van der Waals surface area contributed by atoms with Crippen molar-refractivity contribution in [1.82, 2.24) is 14.9 Å². The Kier molecular flexibility index (Phi) is 3.45. The molecule has 0 atom stereocenters. The molecule has 0 spiro atoms. The Morgan fingerprint density at radius 1 is 1.29 bits per heavy atom. The first-order valence-corrected chi connectivity index (χ1v) is 4.69. The van der Waals surface area contributed by atoms with E-state index in [9.17, 15) is 0 Å². The van der Waals surface area contributed by atoms with Crippen LogP contribution in [0.1, 0.15) is 19.6 Å². The first kappa shape index (κ1) is 10.5. The molecule has 0 fully saturated rings. The van der Waals surface area contributed by atoms with Gasteiger partial charge in [0.25, 0.3) is 0 Å². The molecular weight excluding hydrogens is 178 g/mol. The summed E-state index contributed by atoms with van der Waals surface area (Å²) in [7, 11) is 1.87. The maximum Gasteiger partial charge on any atom is 0.134 e. The van der Waals surface area contributed by atoms with Gasteiger partial charge in [0.15, 0.2) is 0 Å². The van der Waals surface area contributed by atoms with Crippen molar-refractivity contribution in [3.05, 3.63) is 24.1 Å². The van der Waals surface area contributed by atoms with Gasteiger partial charge in [0.05, 0.1) is 0 Å². The lowest BCUT2D eigenvalue weighted by Crippen LogP contribution is -1.87. The number of aromatic nitrogens is 3. The third-order valence-electron chi connectivity index (χ3n) is 1.60. The predicted molar refractivity (Wildman–Crippen MR) is 54.8 cm³/mol. The van der Waals surface area contributed by atoms with Crippen molar-refractivity contribution in [3.8, 4) is 11.4 Å². The summed E-state index contributed by atoms with van der Waals surface area (Å²) >= 11 is 0. The van der Waals surface area contributed by atoms with E-state index in [0.717, 1.165) is 17.1 Å². The molecule has 2 heterocycles. The summed E-state index contributed by atoms with van der Waals surface area (Å²) in [6.07, 6.45) is 1.87. The van der Waals surface area contributed by atoms with Gasteiger partial charge < -0.3 is 4.52 Å². The molecule has 0 aliphatic rings. The van der Waals surface area contributed by atoms with Crippen molar-refractivity contribution < 1.29 is 4.52 Å². The Morgan fingerprint density at radius 3 is 2.43 bits per heavy atom. The summed E-state index contributed by atoms with van der Waals surface area (Å²) in [5, 5.41) is 8.04. The molecule has 0 saturated carbocycles. The molecule has 14 heavy (non-hydrogen) atoms. The van der Waals surface area contributed by atoms with Crippen molar-refractivity contribution in [2.45, 2.75) is 20.8 Å². The molecule has 0 saturated heterocycles. The second-order valence-corrected chi connectivity index (χ2v) is 2.70. The van der Waals surface area contributed by atoms with Crippen LogP contribution < -0.4 is 0 Å². The van der Waals surface area contributed by atoms with E-state index in [2.05, 4.69) is 10.3 Å². The summed E-state index contributed by atoms with van der Waals surface area (Å²) < 4.78 is 6.66. The van der Waals surface area contributed by atoms with E-state index in [1.54, 1.807) is 4.68 Å². The molecule has 0 unspecified atom stereocenters. The minimum absolute atomic E-state index is 0.785. The molecule has 2 rings (SSSR count). The lowest BCUT2D eigenvalue weighted by molar-refractivity contribution is 0.399. The van der Waals surface area contributed by atoms with E-state index in [1.165, 1.54) is 0 Å². The molecule has 4 heteroatoms. The third kappa shape index (κ3) is 2.22. The summed E-state index contributed by atoms with van der Waals surface area (Å²) in [6, 6.07) is 3.76. The monoisotopic (exact) mass is 193 g/mol. The summed E-state index contributed by atoms with van der Waals surface area (Å²) in [5.41, 5.74) is 1.63. The van der Waals surface area contributed by atoms with E-state index < -0.39 is 0 Å². The van der Waals surface area contributed by atoms with Crippen LogP contribution in [0.25, 0.3) is 11.4 Å². The highest BCUT2D eigenvalue weighted by molar-refractivity contribution is 5.52. The lowest BCUT2D eigenvalue weighted by Gasteiger charge is -1.85. The number of hydrogen-bond acceptors (Lipinski definition) is 3. The highest BCUT2D eigenvalue weighted by Gasteiger charge is 2.05. The zero-order valence-electron chi connectivity index (χ0n) is 8.98. The van der Waals surface area contributed by atoms with Gasteiger partial charge in [0, 0.05) is 19.3 Å². The van der Waals surface area contributed by atoms with E-state index in [0.29, 0.717) is 0 Å². The smallest absolute Gasteiger partial charge is 0.134 e. The summed E-state index contributed by atoms with van der Waals surface area (Å²) in [4.78, 5) is 0. The number of rotatable bonds is 1. The Hall–Kier alpha value is -1.58. The average molecular weight is 193 g/mol. The van der Waals surface area contributed by atoms with Gasteiger partial charge in [-0.15, -0.1) is 0 Å². The fraction of sp³-hybridized carbons (Fsp3) is 0.400. The van der Waals surface area contributed by atoms with Crippen LogP contribution in [0.3, 0.4) is 0 Å². The number of hydrogen-bond donors (Lipinski definition) is 0. The van der Waals surface area contributed by atoms with Crippen molar-refractivity contribution in [2.24, 2.45) is 7.05 Å². The molecule has 0 aliphatic carbocycles. The molecule has 0 amide bonds. The van der Waals surface area contributed by atoms with Crippen LogP contribution in [-0.2, 0) is 7.05 Å². The van der Waals surface area contributed by atoms with Crippen molar-refractivity contribution in [2.75, 3.05) is 0 Å². The van der Waals surface area contributed by atoms with Gasteiger partial charge in [-0.3, -0.25) is 4.68 Å². The zero-order chi connectivity index (χ0) is 10.6. The maximum atomic E-state index is 4.93. The minimum Gasteiger partial charge on any atom is -0.361 e. The Balaban J connectivity index is 0.000000461. The second kappa shape index (κ2) is 4.60. The standard InChI is InChI=1S/C8H9N3O.C2H6/c1-6-5-8(10-12-6)7-3-4-11(2)9-7;1-2/h3-5H,1-2H3;1-2H3. The Morgan fingerprint density at radius 2 is 2.00 bits per heavy atom. The molecule has 0 N–H and O–H groups in total. The molecule has 2 aromatic heterocycles. The highest BCUT2D eigenvalue weighted by atomic mass is 16.5. The Labute approximate surface area is 83.5 Å². The molecule has 0 radical (unpaired) electrons. The maximum absolute atomic E-state index is 4.93. The quantitative estimate of drug-likeness (QED) is 0.698. The average Bonchev–Trinajstić information content (AvgIpc) is 2.78.